The molecular weight excluding hydrogens is 243 g/mol. The average molecular weight is 260 g/mol. The maximum absolute atomic E-state index is 13.0. The van der Waals surface area contributed by atoms with Gasteiger partial charge in [0.1, 0.15) is 11.9 Å². The average Bonchev–Trinajstić information content (AvgIpc) is 2.41. The molecule has 0 aliphatic heterocycles. The van der Waals surface area contributed by atoms with Crippen molar-refractivity contribution in [2.24, 2.45) is 11.8 Å². The van der Waals surface area contributed by atoms with Gasteiger partial charge in [-0.25, -0.2) is 4.39 Å². The molecule has 1 aliphatic rings. The fourth-order valence-electron chi connectivity index (χ4n) is 2.48. The minimum absolute atomic E-state index is 0.00722. The Morgan fingerprint density at radius 1 is 1.37 bits per heavy atom. The summed E-state index contributed by atoms with van der Waals surface area (Å²) in [6, 6.07) is 5.73. The Labute approximate surface area is 112 Å². The standard InChI is InChI=1S/C15H17FN2O/c1-10-2-4-11(5-3-10)15(19)18-14-7-6-13(16)8-12(14)9-17/h6-8,10-11H,2-5H2,1H3,(H,18,19). The first-order valence-corrected chi connectivity index (χ1v) is 6.60. The van der Waals surface area contributed by atoms with Crippen LogP contribution in [-0.2, 0) is 4.79 Å². The molecule has 1 aromatic rings. The lowest BCUT2D eigenvalue weighted by atomic mass is 9.82. The second kappa shape index (κ2) is 5.83. The molecule has 0 radical (unpaired) electrons. The first kappa shape index (κ1) is 13.5. The molecule has 0 bridgehead atoms. The van der Waals surface area contributed by atoms with Crippen LogP contribution in [0.15, 0.2) is 18.2 Å². The van der Waals surface area contributed by atoms with Crippen molar-refractivity contribution in [3.63, 3.8) is 0 Å². The summed E-state index contributed by atoms with van der Waals surface area (Å²) in [5, 5.41) is 11.7. The Balaban J connectivity index is 2.05. The number of hydrogen-bond acceptors (Lipinski definition) is 2. The molecule has 0 aromatic heterocycles. The number of nitriles is 1. The van der Waals surface area contributed by atoms with Gasteiger partial charge in [-0.2, -0.15) is 5.26 Å². The smallest absolute Gasteiger partial charge is 0.227 e. The van der Waals surface area contributed by atoms with E-state index >= 15 is 0 Å². The number of carbonyl (C=O) groups is 1. The summed E-state index contributed by atoms with van der Waals surface area (Å²) in [4.78, 5) is 12.1. The van der Waals surface area contributed by atoms with Crippen LogP contribution in [-0.4, -0.2) is 5.91 Å². The molecule has 1 amide bonds. The first-order chi connectivity index (χ1) is 9.10. The summed E-state index contributed by atoms with van der Waals surface area (Å²) in [6.07, 6.45) is 3.89. The summed E-state index contributed by atoms with van der Waals surface area (Å²) in [7, 11) is 0. The molecule has 100 valence electrons. The van der Waals surface area contributed by atoms with Crippen molar-refractivity contribution in [3.05, 3.63) is 29.6 Å². The number of halogens is 1. The number of benzene rings is 1. The monoisotopic (exact) mass is 260 g/mol. The second-order valence-corrected chi connectivity index (χ2v) is 5.25. The number of amides is 1. The molecule has 1 fully saturated rings. The van der Waals surface area contributed by atoms with Gasteiger partial charge in [-0.05, 0) is 49.8 Å². The van der Waals surface area contributed by atoms with Crippen molar-refractivity contribution < 1.29 is 9.18 Å². The highest BCUT2D eigenvalue weighted by atomic mass is 19.1. The number of hydrogen-bond donors (Lipinski definition) is 1. The van der Waals surface area contributed by atoms with E-state index in [2.05, 4.69) is 12.2 Å². The van der Waals surface area contributed by atoms with Gasteiger partial charge in [0, 0.05) is 5.92 Å². The molecule has 1 saturated carbocycles. The SMILES string of the molecule is CC1CCC(C(=O)Nc2ccc(F)cc2C#N)CC1. The lowest BCUT2D eigenvalue weighted by Gasteiger charge is -2.25. The highest BCUT2D eigenvalue weighted by molar-refractivity contribution is 5.93. The quantitative estimate of drug-likeness (QED) is 0.885. The fourth-order valence-corrected chi connectivity index (χ4v) is 2.48. The van der Waals surface area contributed by atoms with Gasteiger partial charge in [0.05, 0.1) is 11.3 Å². The van der Waals surface area contributed by atoms with Gasteiger partial charge in [-0.15, -0.1) is 0 Å². The second-order valence-electron chi connectivity index (χ2n) is 5.25. The summed E-state index contributed by atoms with van der Waals surface area (Å²) in [6.45, 7) is 2.20. The van der Waals surface area contributed by atoms with Crippen LogP contribution in [0.2, 0.25) is 0 Å². The van der Waals surface area contributed by atoms with Gasteiger partial charge in [0.2, 0.25) is 5.91 Å². The molecular formula is C15H17FN2O. The number of anilines is 1. The van der Waals surface area contributed by atoms with Crippen molar-refractivity contribution in [3.8, 4) is 6.07 Å². The minimum Gasteiger partial charge on any atom is -0.325 e. The van der Waals surface area contributed by atoms with E-state index in [1.165, 1.54) is 12.1 Å². The van der Waals surface area contributed by atoms with Crippen LogP contribution in [0, 0.1) is 29.0 Å². The van der Waals surface area contributed by atoms with Gasteiger partial charge in [0.15, 0.2) is 0 Å². The van der Waals surface area contributed by atoms with Crippen LogP contribution < -0.4 is 5.32 Å². The molecule has 3 nitrogen and oxygen atoms in total. The highest BCUT2D eigenvalue weighted by Crippen LogP contribution is 2.29. The molecule has 1 aliphatic carbocycles. The first-order valence-electron chi connectivity index (χ1n) is 6.60. The summed E-state index contributed by atoms with van der Waals surface area (Å²) >= 11 is 0. The molecule has 0 unspecified atom stereocenters. The van der Waals surface area contributed by atoms with E-state index in [1.54, 1.807) is 0 Å². The van der Waals surface area contributed by atoms with Crippen molar-refractivity contribution in [2.45, 2.75) is 32.6 Å². The Morgan fingerprint density at radius 3 is 2.68 bits per heavy atom. The Bertz CT molecular complexity index is 513. The highest BCUT2D eigenvalue weighted by Gasteiger charge is 2.24. The van der Waals surface area contributed by atoms with Crippen molar-refractivity contribution in [1.29, 1.82) is 5.26 Å². The van der Waals surface area contributed by atoms with E-state index in [9.17, 15) is 9.18 Å². The summed E-state index contributed by atoms with van der Waals surface area (Å²) in [5.74, 6) is 0.161. The summed E-state index contributed by atoms with van der Waals surface area (Å²) < 4.78 is 13.0. The van der Waals surface area contributed by atoms with Crippen LogP contribution in [0.25, 0.3) is 0 Å². The van der Waals surface area contributed by atoms with E-state index in [4.69, 9.17) is 5.26 Å². The number of nitrogens with zero attached hydrogens (tertiary/aromatic N) is 1. The molecule has 19 heavy (non-hydrogen) atoms. The van der Waals surface area contributed by atoms with Gasteiger partial charge >= 0.3 is 0 Å². The van der Waals surface area contributed by atoms with Gasteiger partial charge in [-0.1, -0.05) is 6.92 Å². The zero-order chi connectivity index (χ0) is 13.8. The molecule has 1 aromatic carbocycles. The molecule has 0 heterocycles. The van der Waals surface area contributed by atoms with Crippen LogP contribution in [0.5, 0.6) is 0 Å². The zero-order valence-electron chi connectivity index (χ0n) is 10.9. The lowest BCUT2D eigenvalue weighted by Crippen LogP contribution is -2.26. The fraction of sp³-hybridized carbons (Fsp3) is 0.467. The van der Waals surface area contributed by atoms with Crippen LogP contribution in [0.4, 0.5) is 10.1 Å². The molecule has 0 spiro atoms. The largest absolute Gasteiger partial charge is 0.325 e. The van der Waals surface area contributed by atoms with E-state index in [-0.39, 0.29) is 17.4 Å². The molecule has 0 atom stereocenters. The van der Waals surface area contributed by atoms with Crippen molar-refractivity contribution >= 4 is 11.6 Å². The third-order valence-electron chi connectivity index (χ3n) is 3.75. The molecule has 1 N–H and O–H groups in total. The number of rotatable bonds is 2. The Kier molecular flexibility index (Phi) is 4.16. The van der Waals surface area contributed by atoms with Crippen LogP contribution in [0.3, 0.4) is 0 Å². The predicted molar refractivity (Wildman–Crippen MR) is 70.9 cm³/mol. The van der Waals surface area contributed by atoms with E-state index in [1.807, 2.05) is 6.07 Å². The maximum Gasteiger partial charge on any atom is 0.227 e. The molecule has 2 rings (SSSR count). The summed E-state index contributed by atoms with van der Waals surface area (Å²) in [5.41, 5.74) is 0.560. The van der Waals surface area contributed by atoms with Gasteiger partial charge in [-0.3, -0.25) is 4.79 Å². The third kappa shape index (κ3) is 3.31. The zero-order valence-corrected chi connectivity index (χ0v) is 10.9. The predicted octanol–water partition coefficient (Wildman–Crippen LogP) is 3.46. The van der Waals surface area contributed by atoms with Gasteiger partial charge in [0.25, 0.3) is 0 Å². The molecule has 0 saturated heterocycles. The van der Waals surface area contributed by atoms with Crippen LogP contribution >= 0.6 is 0 Å². The Morgan fingerprint density at radius 2 is 2.05 bits per heavy atom. The Hall–Kier alpha value is -1.89. The normalized spacial score (nSPS) is 22.6. The van der Waals surface area contributed by atoms with E-state index in [0.29, 0.717) is 11.6 Å². The maximum atomic E-state index is 13.0. The van der Waals surface area contributed by atoms with Crippen molar-refractivity contribution in [2.75, 3.05) is 5.32 Å². The minimum atomic E-state index is -0.471. The van der Waals surface area contributed by atoms with Crippen molar-refractivity contribution in [1.82, 2.24) is 0 Å². The topological polar surface area (TPSA) is 52.9 Å². The molecule has 4 heteroatoms. The third-order valence-corrected chi connectivity index (χ3v) is 3.75. The van der Waals surface area contributed by atoms with Crippen LogP contribution in [0.1, 0.15) is 38.2 Å². The lowest BCUT2D eigenvalue weighted by molar-refractivity contribution is -0.121. The van der Waals surface area contributed by atoms with E-state index < -0.39 is 5.82 Å². The van der Waals surface area contributed by atoms with Gasteiger partial charge < -0.3 is 5.32 Å². The van der Waals surface area contributed by atoms with E-state index in [0.717, 1.165) is 31.7 Å². The number of carbonyl (C=O) groups excluding carboxylic acids is 1. The number of nitrogens with one attached hydrogen (secondary N) is 1.